The molecular weight excluding hydrogens is 423 g/mol. The predicted molar refractivity (Wildman–Crippen MR) is 95.1 cm³/mol. The Kier molecular flexibility index (Phi) is 10.3. The molecule has 0 saturated carbocycles. The van der Waals surface area contributed by atoms with Gasteiger partial charge in [0.05, 0.1) is 0 Å². The van der Waals surface area contributed by atoms with Gasteiger partial charge in [-0.05, 0) is 0 Å². The first-order chi connectivity index (χ1) is 10.6. The molecule has 1 atom stereocenters. The molecule has 0 aromatic heterocycles. The van der Waals surface area contributed by atoms with Gasteiger partial charge < -0.3 is 37.2 Å². The predicted octanol–water partition coefficient (Wildman–Crippen LogP) is -5.57. The average molecular weight is 446 g/mol. The van der Waals surface area contributed by atoms with Crippen molar-refractivity contribution in [1.82, 2.24) is 0 Å². The molecule has 0 aliphatic heterocycles. The summed E-state index contributed by atoms with van der Waals surface area (Å²) in [6.07, 6.45) is 4.71. The molecule has 5 heteroatoms. The molecule has 0 saturated heterocycles. The van der Waals surface area contributed by atoms with Gasteiger partial charge in [0, 0.05) is 0 Å². The summed E-state index contributed by atoms with van der Waals surface area (Å²) in [5, 5.41) is 1.66. The largest absolute Gasteiger partial charge is 1.00 e. The van der Waals surface area contributed by atoms with Crippen molar-refractivity contribution < 1.29 is 57.7 Å². The fourth-order valence-electron chi connectivity index (χ4n) is 3.74. The summed E-state index contributed by atoms with van der Waals surface area (Å²) < 4.78 is 0.271. The molecule has 2 aromatic carbocycles. The van der Waals surface area contributed by atoms with Gasteiger partial charge in [-0.2, -0.15) is 0 Å². The van der Waals surface area contributed by atoms with Gasteiger partial charge in [0.15, 0.2) is 0 Å². The first-order valence-corrected chi connectivity index (χ1v) is 10.4. The summed E-state index contributed by atoms with van der Waals surface area (Å²) in [7, 11) is -0.426. The molecule has 0 N–H and O–H groups in total. The van der Waals surface area contributed by atoms with Gasteiger partial charge in [-0.25, -0.2) is 0 Å². The van der Waals surface area contributed by atoms with E-state index in [1.54, 1.807) is 27.5 Å². The number of hydrogen-bond donors (Lipinski definition) is 0. The average Bonchev–Trinajstić information content (AvgIpc) is 2.78. The van der Waals surface area contributed by atoms with E-state index in [4.69, 9.17) is 0 Å². The molecule has 0 fully saturated rings. The third-order valence-corrected chi connectivity index (χ3v) is 9.40. The summed E-state index contributed by atoms with van der Waals surface area (Å²) >= 11 is 2.47. The van der Waals surface area contributed by atoms with Crippen LogP contribution in [0.15, 0.2) is 48.0 Å². The molecule has 3 rings (SSSR count). The Balaban J connectivity index is 0.00000192. The summed E-state index contributed by atoms with van der Waals surface area (Å²) in [6, 6.07) is 15.9. The van der Waals surface area contributed by atoms with Crippen LogP contribution in [0.4, 0.5) is 0 Å². The Morgan fingerprint density at radius 2 is 1.60 bits per heavy atom. The number of benzene rings is 2. The molecule has 1 aliphatic carbocycles. The number of aryl methyl sites for hydroxylation is 1. The Hall–Kier alpha value is -0.0188. The van der Waals surface area contributed by atoms with Gasteiger partial charge in [-0.1, -0.05) is 0 Å². The van der Waals surface area contributed by atoms with Crippen molar-refractivity contribution in [3.8, 4) is 0 Å². The number of rotatable bonds is 4. The van der Waals surface area contributed by atoms with E-state index in [0.29, 0.717) is 0 Å². The van der Waals surface area contributed by atoms with Gasteiger partial charge in [0.1, 0.15) is 0 Å². The van der Waals surface area contributed by atoms with Crippen LogP contribution in [0.3, 0.4) is 0 Å². The summed E-state index contributed by atoms with van der Waals surface area (Å²) in [6.45, 7) is 6.90. The minimum atomic E-state index is -0.426. The van der Waals surface area contributed by atoms with Gasteiger partial charge in [0.2, 0.25) is 0 Å². The number of fused-ring (bicyclic) bond motifs is 1. The van der Waals surface area contributed by atoms with Crippen molar-refractivity contribution in [3.63, 3.8) is 0 Å². The van der Waals surface area contributed by atoms with Crippen molar-refractivity contribution >= 4 is 20.8 Å². The SMILES string of the molecule is CCc1cccc([SiH2][C]2([Ti+3])C(C)=Cc3ccccc32)c1CC.[Cl-].[Cl-].[Cl-]. The fraction of sp³-hybridized carbons (Fsp3) is 0.300. The molecule has 1 unspecified atom stereocenters. The molecule has 1 aliphatic rings. The van der Waals surface area contributed by atoms with Gasteiger partial charge >= 0.3 is 148 Å². The molecule has 0 nitrogen and oxygen atoms in total. The summed E-state index contributed by atoms with van der Waals surface area (Å²) in [4.78, 5) is 0. The van der Waals surface area contributed by atoms with Crippen LogP contribution in [0.5, 0.6) is 0 Å². The van der Waals surface area contributed by atoms with Crippen LogP contribution in [-0.4, -0.2) is 9.52 Å². The van der Waals surface area contributed by atoms with Crippen LogP contribution < -0.4 is 42.4 Å². The zero-order chi connectivity index (χ0) is 15.7. The number of hydrogen-bond acceptors (Lipinski definition) is 0. The Labute approximate surface area is 184 Å². The molecule has 25 heavy (non-hydrogen) atoms. The van der Waals surface area contributed by atoms with E-state index in [1.807, 2.05) is 0 Å². The Morgan fingerprint density at radius 1 is 0.920 bits per heavy atom. The van der Waals surface area contributed by atoms with Crippen molar-refractivity contribution in [2.24, 2.45) is 0 Å². The van der Waals surface area contributed by atoms with E-state index in [1.165, 1.54) is 5.56 Å². The second-order valence-corrected chi connectivity index (χ2v) is 10.9. The summed E-state index contributed by atoms with van der Waals surface area (Å²) in [5.74, 6) is 0. The normalized spacial score (nSPS) is 18.0. The second kappa shape index (κ2) is 10.4. The molecule has 132 valence electrons. The van der Waals surface area contributed by atoms with E-state index in [9.17, 15) is 0 Å². The van der Waals surface area contributed by atoms with Crippen molar-refractivity contribution in [2.75, 3.05) is 0 Å². The maximum absolute atomic E-state index is 2.47. The zero-order valence-electron chi connectivity index (χ0n) is 14.9. The first-order valence-electron chi connectivity index (χ1n) is 8.23. The minimum Gasteiger partial charge on any atom is -1.00 e. The van der Waals surface area contributed by atoms with Crippen LogP contribution in [0.25, 0.3) is 6.08 Å². The van der Waals surface area contributed by atoms with Crippen LogP contribution in [0, 0.1) is 0 Å². The smallest absolute Gasteiger partial charge is 1.00 e. The number of allylic oxidation sites excluding steroid dienone is 1. The molecule has 0 heterocycles. The zero-order valence-corrected chi connectivity index (χ0v) is 20.1. The molecule has 0 spiro atoms. The molecule has 0 amide bonds. The topological polar surface area (TPSA) is 0 Å². The summed E-state index contributed by atoms with van der Waals surface area (Å²) in [5.41, 5.74) is 7.69. The van der Waals surface area contributed by atoms with E-state index in [0.717, 1.165) is 12.8 Å². The van der Waals surface area contributed by atoms with E-state index in [-0.39, 0.29) is 40.6 Å². The maximum Gasteiger partial charge on any atom is -1.00 e. The maximum atomic E-state index is 2.47. The van der Waals surface area contributed by atoms with Gasteiger partial charge in [-0.3, -0.25) is 0 Å². The molecular formula is C20H23Cl3SiTi. The standard InChI is InChI=1S/C20H23Si.3ClH.Ti/c1-4-15-10-8-12-19(17(15)5-2)21-20-14(3)13-16-9-6-7-11-18(16)20;;;;/h6-13H,4-5,21H2,1-3H3;3*1H;/q;;;;+3/p-3. The van der Waals surface area contributed by atoms with Gasteiger partial charge in [0.25, 0.3) is 0 Å². The molecule has 0 bridgehead atoms. The molecule has 2 aromatic rings. The quantitative estimate of drug-likeness (QED) is 0.412. The Morgan fingerprint density at radius 3 is 2.24 bits per heavy atom. The second-order valence-electron chi connectivity index (χ2n) is 6.26. The van der Waals surface area contributed by atoms with Crippen molar-refractivity contribution in [1.29, 1.82) is 0 Å². The van der Waals surface area contributed by atoms with Crippen LogP contribution >= 0.6 is 0 Å². The van der Waals surface area contributed by atoms with E-state index in [2.05, 4.69) is 89.7 Å². The number of halogens is 3. The van der Waals surface area contributed by atoms with E-state index < -0.39 is 9.52 Å². The van der Waals surface area contributed by atoms with Crippen molar-refractivity contribution in [2.45, 2.75) is 37.0 Å². The van der Waals surface area contributed by atoms with Crippen LogP contribution in [0.2, 0.25) is 0 Å². The van der Waals surface area contributed by atoms with E-state index >= 15 is 0 Å². The minimum absolute atomic E-state index is 0. The van der Waals surface area contributed by atoms with Crippen LogP contribution in [0.1, 0.15) is 43.0 Å². The molecule has 0 radical (unpaired) electrons. The van der Waals surface area contributed by atoms with Gasteiger partial charge in [-0.15, -0.1) is 0 Å². The third-order valence-electron chi connectivity index (χ3n) is 5.03. The Bertz CT molecular complexity index is 745. The van der Waals surface area contributed by atoms with Crippen molar-refractivity contribution in [3.05, 3.63) is 70.3 Å². The third kappa shape index (κ3) is 4.64. The monoisotopic (exact) mass is 444 g/mol. The van der Waals surface area contributed by atoms with Crippen LogP contribution in [-0.2, 0) is 36.6 Å². The fourth-order valence-corrected chi connectivity index (χ4v) is 7.51. The first kappa shape index (κ1) is 25.0.